The Balaban J connectivity index is 0.000000406. The van der Waals surface area contributed by atoms with Gasteiger partial charge in [-0.15, -0.1) is 0 Å². The van der Waals surface area contributed by atoms with Crippen LogP contribution in [0.15, 0.2) is 60.7 Å². The lowest BCUT2D eigenvalue weighted by atomic mass is 10.1. The number of para-hydroxylation sites is 1. The van der Waals surface area contributed by atoms with E-state index in [9.17, 15) is 17.6 Å². The number of carboxylic acid groups (broad SMARTS) is 1. The van der Waals surface area contributed by atoms with Crippen molar-refractivity contribution in [2.24, 2.45) is 0 Å². The van der Waals surface area contributed by atoms with E-state index < -0.39 is 18.0 Å². The number of carbonyl (C=O) groups is 1. The minimum Gasteiger partial charge on any atom is -0.475 e. The quantitative estimate of drug-likeness (QED) is 0.357. The van der Waals surface area contributed by atoms with Gasteiger partial charge < -0.3 is 20.9 Å². The van der Waals surface area contributed by atoms with Crippen molar-refractivity contribution < 1.29 is 32.2 Å². The molecule has 0 aliphatic rings. The molecule has 0 fully saturated rings. The predicted molar refractivity (Wildman–Crippen MR) is 117 cm³/mol. The van der Waals surface area contributed by atoms with Crippen molar-refractivity contribution in [1.29, 1.82) is 0 Å². The maximum atomic E-state index is 14.7. The molecule has 0 radical (unpaired) electrons. The molecule has 0 aliphatic carbocycles. The molecule has 0 unspecified atom stereocenters. The van der Waals surface area contributed by atoms with Crippen LogP contribution < -0.4 is 15.8 Å². The molecule has 8 nitrogen and oxygen atoms in total. The topological polar surface area (TPSA) is 123 Å². The highest BCUT2D eigenvalue weighted by Gasteiger charge is 2.38. The van der Waals surface area contributed by atoms with E-state index >= 15 is 0 Å². The van der Waals surface area contributed by atoms with Gasteiger partial charge in [-0.25, -0.2) is 14.2 Å². The SMILES string of the molecule is CNc1nc(N)nc2nc(-c3c(F)cccc3Oc3ccccc3)ccc12.O=C(O)C(F)(F)F. The molecule has 34 heavy (non-hydrogen) atoms. The molecule has 0 saturated carbocycles. The number of nitrogen functional groups attached to an aromatic ring is 1. The van der Waals surface area contributed by atoms with Crippen molar-refractivity contribution in [1.82, 2.24) is 15.0 Å². The van der Waals surface area contributed by atoms with Crippen molar-refractivity contribution >= 4 is 28.8 Å². The highest BCUT2D eigenvalue weighted by molar-refractivity contribution is 5.89. The van der Waals surface area contributed by atoms with Gasteiger partial charge in [0.05, 0.1) is 16.6 Å². The van der Waals surface area contributed by atoms with Crippen LogP contribution in [0.2, 0.25) is 0 Å². The zero-order valence-corrected chi connectivity index (χ0v) is 17.5. The molecule has 0 spiro atoms. The van der Waals surface area contributed by atoms with Crippen LogP contribution in [0.25, 0.3) is 22.3 Å². The fourth-order valence-electron chi connectivity index (χ4n) is 2.81. The number of fused-ring (bicyclic) bond motifs is 1. The van der Waals surface area contributed by atoms with Crippen LogP contribution in [0.4, 0.5) is 29.3 Å². The van der Waals surface area contributed by atoms with Gasteiger partial charge in [-0.3, -0.25) is 0 Å². The lowest BCUT2D eigenvalue weighted by molar-refractivity contribution is -0.192. The van der Waals surface area contributed by atoms with Gasteiger partial charge >= 0.3 is 12.1 Å². The van der Waals surface area contributed by atoms with Crippen LogP contribution in [0, 0.1) is 5.82 Å². The molecular weight excluding hydrogens is 458 g/mol. The zero-order valence-electron chi connectivity index (χ0n) is 17.5. The van der Waals surface area contributed by atoms with Gasteiger partial charge in [-0.2, -0.15) is 23.1 Å². The number of halogens is 4. The van der Waals surface area contributed by atoms with E-state index in [-0.39, 0.29) is 11.5 Å². The Labute approximate surface area is 190 Å². The van der Waals surface area contributed by atoms with E-state index in [1.54, 1.807) is 43.4 Å². The van der Waals surface area contributed by atoms with Crippen LogP contribution in [-0.4, -0.2) is 39.3 Å². The second kappa shape index (κ2) is 9.98. The monoisotopic (exact) mass is 475 g/mol. The Bertz CT molecular complexity index is 1320. The fourth-order valence-corrected chi connectivity index (χ4v) is 2.81. The third-order valence-electron chi connectivity index (χ3n) is 4.26. The fraction of sp³-hybridized carbons (Fsp3) is 0.0909. The van der Waals surface area contributed by atoms with Crippen molar-refractivity contribution in [3.05, 3.63) is 66.5 Å². The third kappa shape index (κ3) is 5.65. The van der Waals surface area contributed by atoms with E-state index in [1.165, 1.54) is 6.07 Å². The summed E-state index contributed by atoms with van der Waals surface area (Å²) in [6.45, 7) is 0. The molecule has 0 atom stereocenters. The van der Waals surface area contributed by atoms with Crippen molar-refractivity contribution in [3.8, 4) is 22.8 Å². The molecule has 4 rings (SSSR count). The van der Waals surface area contributed by atoms with Crippen LogP contribution in [0.5, 0.6) is 11.5 Å². The smallest absolute Gasteiger partial charge is 0.475 e. The van der Waals surface area contributed by atoms with Crippen LogP contribution >= 0.6 is 0 Å². The third-order valence-corrected chi connectivity index (χ3v) is 4.26. The number of anilines is 2. The van der Waals surface area contributed by atoms with Gasteiger partial charge in [0.25, 0.3) is 0 Å². The maximum absolute atomic E-state index is 14.7. The molecule has 2 aromatic heterocycles. The summed E-state index contributed by atoms with van der Waals surface area (Å²) in [4.78, 5) is 21.7. The number of alkyl halides is 3. The molecular formula is C22H17F4N5O3. The number of aromatic nitrogens is 3. The Morgan fingerprint density at radius 1 is 1.00 bits per heavy atom. The largest absolute Gasteiger partial charge is 0.490 e. The summed E-state index contributed by atoms with van der Waals surface area (Å²) in [5, 5.41) is 10.8. The number of hydrogen-bond donors (Lipinski definition) is 3. The molecule has 4 aromatic rings. The van der Waals surface area contributed by atoms with E-state index in [0.717, 1.165) is 0 Å². The number of aliphatic carboxylic acids is 1. The Hall–Kier alpha value is -4.48. The predicted octanol–water partition coefficient (Wildman–Crippen LogP) is 4.88. The molecule has 2 heterocycles. The van der Waals surface area contributed by atoms with E-state index in [2.05, 4.69) is 20.3 Å². The number of ether oxygens (including phenoxy) is 1. The zero-order chi connectivity index (χ0) is 24.9. The highest BCUT2D eigenvalue weighted by Crippen LogP contribution is 2.35. The molecule has 2 aromatic carbocycles. The number of benzene rings is 2. The van der Waals surface area contributed by atoms with Crippen molar-refractivity contribution in [2.45, 2.75) is 6.18 Å². The van der Waals surface area contributed by atoms with Gasteiger partial charge in [-0.05, 0) is 36.4 Å². The number of nitrogens with two attached hydrogens (primary N) is 1. The molecule has 0 bridgehead atoms. The Kier molecular flexibility index (Phi) is 7.09. The number of nitrogens with one attached hydrogen (secondary N) is 1. The molecule has 0 aliphatic heterocycles. The first-order valence-electron chi connectivity index (χ1n) is 9.54. The van der Waals surface area contributed by atoms with Gasteiger partial charge in [0.15, 0.2) is 5.65 Å². The summed E-state index contributed by atoms with van der Waals surface area (Å²) in [5.74, 6) is -1.58. The minimum atomic E-state index is -5.08. The first kappa shape index (κ1) is 24.2. The number of pyridine rings is 1. The van der Waals surface area contributed by atoms with Gasteiger partial charge in [0, 0.05) is 7.05 Å². The summed E-state index contributed by atoms with van der Waals surface area (Å²) in [7, 11) is 1.73. The van der Waals surface area contributed by atoms with Gasteiger partial charge in [0.1, 0.15) is 23.1 Å². The number of nitrogens with zero attached hydrogens (tertiary/aromatic N) is 3. The normalized spacial score (nSPS) is 10.9. The average molecular weight is 475 g/mol. The molecule has 176 valence electrons. The van der Waals surface area contributed by atoms with Crippen molar-refractivity contribution in [2.75, 3.05) is 18.1 Å². The van der Waals surface area contributed by atoms with Crippen LogP contribution in [-0.2, 0) is 4.79 Å². The first-order chi connectivity index (χ1) is 16.1. The molecule has 4 N–H and O–H groups in total. The summed E-state index contributed by atoms with van der Waals surface area (Å²) in [6, 6.07) is 17.3. The van der Waals surface area contributed by atoms with E-state index in [4.69, 9.17) is 20.4 Å². The van der Waals surface area contributed by atoms with Crippen molar-refractivity contribution in [3.63, 3.8) is 0 Å². The van der Waals surface area contributed by atoms with E-state index in [0.29, 0.717) is 34.0 Å². The molecule has 0 amide bonds. The lowest BCUT2D eigenvalue weighted by Gasteiger charge is -2.12. The summed E-state index contributed by atoms with van der Waals surface area (Å²) in [5.41, 5.74) is 6.77. The van der Waals surface area contributed by atoms with Gasteiger partial charge in [-0.1, -0.05) is 24.3 Å². The number of carboxylic acids is 1. The molecule has 12 heteroatoms. The lowest BCUT2D eigenvalue weighted by Crippen LogP contribution is -2.21. The second-order valence-corrected chi connectivity index (χ2v) is 6.58. The van der Waals surface area contributed by atoms with Crippen LogP contribution in [0.3, 0.4) is 0 Å². The molecule has 0 saturated heterocycles. The van der Waals surface area contributed by atoms with Crippen LogP contribution in [0.1, 0.15) is 0 Å². The highest BCUT2D eigenvalue weighted by atomic mass is 19.4. The maximum Gasteiger partial charge on any atom is 0.490 e. The Morgan fingerprint density at radius 3 is 2.29 bits per heavy atom. The van der Waals surface area contributed by atoms with E-state index in [1.807, 2.05) is 18.2 Å². The Morgan fingerprint density at radius 2 is 1.68 bits per heavy atom. The second-order valence-electron chi connectivity index (χ2n) is 6.58. The summed E-state index contributed by atoms with van der Waals surface area (Å²) in [6.07, 6.45) is -5.08. The summed E-state index contributed by atoms with van der Waals surface area (Å²) < 4.78 is 52.3. The number of rotatable bonds is 4. The first-order valence-corrected chi connectivity index (χ1v) is 9.54. The summed E-state index contributed by atoms with van der Waals surface area (Å²) >= 11 is 0. The standard InChI is InChI=1S/C20H16FN5O.C2HF3O2/c1-23-18-13-10-11-15(24-19(13)26-20(22)25-18)17-14(21)8-5-9-16(17)27-12-6-3-2-4-7-12;3-2(4,5)1(6)7/h2-11H,1H3,(H3,22,23,24,25,26);(H,6,7). The number of hydrogen-bond acceptors (Lipinski definition) is 7. The average Bonchev–Trinajstić information content (AvgIpc) is 2.78. The minimum absolute atomic E-state index is 0.0887. The van der Waals surface area contributed by atoms with Gasteiger partial charge in [0.2, 0.25) is 5.95 Å².